The fourth-order valence-corrected chi connectivity index (χ4v) is 6.25. The Balaban J connectivity index is 1.11. The zero-order valence-corrected chi connectivity index (χ0v) is 22.9. The van der Waals surface area contributed by atoms with Crippen LogP contribution in [0.2, 0.25) is 5.02 Å². The van der Waals surface area contributed by atoms with Gasteiger partial charge in [-0.25, -0.2) is 14.2 Å². The van der Waals surface area contributed by atoms with E-state index in [-0.39, 0.29) is 11.7 Å². The molecule has 3 heterocycles. The number of carboxylic acid groups (broad SMARTS) is 1. The van der Waals surface area contributed by atoms with E-state index in [0.717, 1.165) is 78.1 Å². The lowest BCUT2D eigenvalue weighted by Gasteiger charge is -2.31. The van der Waals surface area contributed by atoms with Crippen molar-refractivity contribution in [1.82, 2.24) is 10.1 Å². The van der Waals surface area contributed by atoms with Crippen molar-refractivity contribution >= 4 is 34.0 Å². The molecule has 1 saturated carbocycles. The molecule has 1 aliphatic carbocycles. The van der Waals surface area contributed by atoms with Crippen LogP contribution in [-0.2, 0) is 11.3 Å². The number of ether oxygens (including phenoxy) is 1. The van der Waals surface area contributed by atoms with Crippen LogP contribution in [0.25, 0.3) is 22.5 Å². The van der Waals surface area contributed by atoms with Gasteiger partial charge in [0.1, 0.15) is 17.3 Å². The van der Waals surface area contributed by atoms with Crippen molar-refractivity contribution in [3.05, 3.63) is 75.1 Å². The number of rotatable bonds is 8. The first-order chi connectivity index (χ1) is 18.9. The summed E-state index contributed by atoms with van der Waals surface area (Å²) in [5.41, 5.74) is 4.44. The first-order valence-corrected chi connectivity index (χ1v) is 14.2. The minimum atomic E-state index is -1.16. The quantitative estimate of drug-likeness (QED) is 0.238. The van der Waals surface area contributed by atoms with E-state index in [1.165, 1.54) is 23.5 Å². The van der Waals surface area contributed by atoms with Gasteiger partial charge in [-0.1, -0.05) is 28.9 Å². The van der Waals surface area contributed by atoms with E-state index in [0.29, 0.717) is 28.8 Å². The number of benzene rings is 2. The second kappa shape index (κ2) is 10.7. The summed E-state index contributed by atoms with van der Waals surface area (Å²) in [6.07, 6.45) is 3.96. The molecule has 0 bridgehead atoms. The average Bonchev–Trinajstić information content (AvgIpc) is 3.50. The van der Waals surface area contributed by atoms with E-state index >= 15 is 0 Å². The van der Waals surface area contributed by atoms with Crippen LogP contribution in [0.5, 0.6) is 0 Å². The smallest absolute Gasteiger partial charge is 0.335 e. The van der Waals surface area contributed by atoms with Gasteiger partial charge in [0.2, 0.25) is 0 Å². The topological polar surface area (TPSA) is 88.7 Å². The number of aryl methyl sites for hydroxylation is 1. The van der Waals surface area contributed by atoms with Gasteiger partial charge in [0.15, 0.2) is 5.13 Å². The zero-order chi connectivity index (χ0) is 27.1. The Kier molecular flexibility index (Phi) is 7.14. The first-order valence-electron chi connectivity index (χ1n) is 13.0. The molecule has 6 rings (SSSR count). The van der Waals surface area contributed by atoms with E-state index in [9.17, 15) is 9.18 Å². The summed E-state index contributed by atoms with van der Waals surface area (Å²) < 4.78 is 26.7. The molecule has 39 heavy (non-hydrogen) atoms. The van der Waals surface area contributed by atoms with Gasteiger partial charge in [-0.15, -0.1) is 11.3 Å². The van der Waals surface area contributed by atoms with Crippen LogP contribution in [0.3, 0.4) is 0 Å². The van der Waals surface area contributed by atoms with Gasteiger partial charge < -0.3 is 19.3 Å². The summed E-state index contributed by atoms with van der Waals surface area (Å²) in [6, 6.07) is 9.73. The molecular weight excluding hydrogens is 541 g/mol. The van der Waals surface area contributed by atoms with Crippen molar-refractivity contribution in [1.29, 1.82) is 0 Å². The number of nitrogens with zero attached hydrogens (tertiary/aromatic N) is 3. The minimum absolute atomic E-state index is 0.0849. The molecular formula is C29H27ClFN3O4S. The van der Waals surface area contributed by atoms with E-state index in [1.54, 1.807) is 5.38 Å². The van der Waals surface area contributed by atoms with Gasteiger partial charge in [0, 0.05) is 41.1 Å². The molecule has 1 N–H and O–H groups in total. The third kappa shape index (κ3) is 5.31. The maximum absolute atomic E-state index is 14.5. The van der Waals surface area contributed by atoms with Gasteiger partial charge in [-0.3, -0.25) is 0 Å². The molecule has 202 valence electrons. The van der Waals surface area contributed by atoms with Crippen LogP contribution in [0.1, 0.15) is 58.8 Å². The number of carbonyl (C=O) groups is 1. The fraction of sp³-hybridized carbons (Fsp3) is 0.345. The third-order valence-electron chi connectivity index (χ3n) is 7.39. The van der Waals surface area contributed by atoms with Crippen LogP contribution in [0.15, 0.2) is 46.3 Å². The molecule has 2 aliphatic rings. The summed E-state index contributed by atoms with van der Waals surface area (Å²) in [5, 5.41) is 16.8. The molecule has 0 atom stereocenters. The largest absolute Gasteiger partial charge is 0.478 e. The Hall–Kier alpha value is -3.27. The number of hydrogen-bond donors (Lipinski definition) is 1. The summed E-state index contributed by atoms with van der Waals surface area (Å²) in [6.45, 7) is 3.99. The monoisotopic (exact) mass is 567 g/mol. The summed E-state index contributed by atoms with van der Waals surface area (Å²) in [5.74, 6) is -0.434. The fourth-order valence-electron chi connectivity index (χ4n) is 5.06. The number of thiazole rings is 1. The highest BCUT2D eigenvalue weighted by atomic mass is 35.5. The normalized spacial score (nSPS) is 16.1. The zero-order valence-electron chi connectivity index (χ0n) is 21.3. The molecule has 1 saturated heterocycles. The van der Waals surface area contributed by atoms with Crippen molar-refractivity contribution in [2.75, 3.05) is 18.0 Å². The first kappa shape index (κ1) is 26.0. The van der Waals surface area contributed by atoms with Gasteiger partial charge in [0.25, 0.3) is 0 Å². The highest BCUT2D eigenvalue weighted by Gasteiger charge is 2.34. The Morgan fingerprint density at radius 2 is 2.03 bits per heavy atom. The Morgan fingerprint density at radius 1 is 1.23 bits per heavy atom. The lowest BCUT2D eigenvalue weighted by Crippen LogP contribution is -2.37. The number of aromatic nitrogens is 2. The Morgan fingerprint density at radius 3 is 2.72 bits per heavy atom. The molecule has 0 amide bonds. The van der Waals surface area contributed by atoms with Crippen molar-refractivity contribution in [2.24, 2.45) is 0 Å². The predicted molar refractivity (Wildman–Crippen MR) is 148 cm³/mol. The van der Waals surface area contributed by atoms with Crippen LogP contribution >= 0.6 is 22.9 Å². The van der Waals surface area contributed by atoms with Crippen LogP contribution in [-0.4, -0.2) is 40.4 Å². The maximum Gasteiger partial charge on any atom is 0.335 e. The standard InChI is InChI=1S/C29H27ClFN3O4S/c1-16-3-2-4-22(30)25(16)26-21(27(38-33-26)17-5-6-17)14-37-19-9-11-34(12-10-19)29-32-24(15-39-29)20-8-7-18(28(35)36)13-23(20)31/h2-4,7-8,13,15,17,19H,5-6,9-12,14H2,1H3,(H,35,36). The lowest BCUT2D eigenvalue weighted by molar-refractivity contribution is 0.0246. The minimum Gasteiger partial charge on any atom is -0.478 e. The number of carboxylic acids is 1. The summed E-state index contributed by atoms with van der Waals surface area (Å²) in [4.78, 5) is 17.9. The average molecular weight is 568 g/mol. The van der Waals surface area contributed by atoms with Crippen molar-refractivity contribution < 1.29 is 23.6 Å². The molecule has 0 spiro atoms. The van der Waals surface area contributed by atoms with Gasteiger partial charge in [-0.2, -0.15) is 0 Å². The SMILES string of the molecule is Cc1cccc(Cl)c1-c1noc(C2CC2)c1COC1CCN(c2nc(-c3ccc(C(=O)O)cc3F)cs2)CC1. The van der Waals surface area contributed by atoms with E-state index in [1.807, 2.05) is 25.1 Å². The lowest BCUT2D eigenvalue weighted by atomic mass is 10.0. The highest BCUT2D eigenvalue weighted by molar-refractivity contribution is 7.14. The molecule has 7 nitrogen and oxygen atoms in total. The maximum atomic E-state index is 14.5. The molecule has 10 heteroatoms. The van der Waals surface area contributed by atoms with Crippen molar-refractivity contribution in [3.8, 4) is 22.5 Å². The van der Waals surface area contributed by atoms with Crippen LogP contribution in [0, 0.1) is 12.7 Å². The number of anilines is 1. The second-order valence-corrected chi connectivity index (χ2v) is 11.3. The molecule has 2 aromatic heterocycles. The molecule has 4 aromatic rings. The van der Waals surface area contributed by atoms with E-state index < -0.39 is 11.8 Å². The molecule has 0 unspecified atom stereocenters. The van der Waals surface area contributed by atoms with Gasteiger partial charge in [-0.05, 0) is 62.4 Å². The number of aromatic carboxylic acids is 1. The Bertz CT molecular complexity index is 1500. The summed E-state index contributed by atoms with van der Waals surface area (Å²) in [7, 11) is 0. The number of piperidine rings is 1. The predicted octanol–water partition coefficient (Wildman–Crippen LogP) is 7.33. The van der Waals surface area contributed by atoms with Crippen LogP contribution < -0.4 is 4.90 Å². The van der Waals surface area contributed by atoms with Gasteiger partial charge >= 0.3 is 5.97 Å². The van der Waals surface area contributed by atoms with Crippen molar-refractivity contribution in [3.63, 3.8) is 0 Å². The van der Waals surface area contributed by atoms with Crippen LogP contribution in [0.4, 0.5) is 9.52 Å². The summed E-state index contributed by atoms with van der Waals surface area (Å²) >= 11 is 8.01. The van der Waals surface area contributed by atoms with E-state index in [4.69, 9.17) is 26.0 Å². The Labute approximate surface area is 234 Å². The molecule has 1 aliphatic heterocycles. The second-order valence-electron chi connectivity index (χ2n) is 10.1. The van der Waals surface area contributed by atoms with Crippen molar-refractivity contribution in [2.45, 2.75) is 51.2 Å². The molecule has 2 fully saturated rings. The molecule has 2 aromatic carbocycles. The highest BCUT2D eigenvalue weighted by Crippen LogP contribution is 2.45. The number of halogens is 2. The molecule has 0 radical (unpaired) electrons. The van der Waals surface area contributed by atoms with E-state index in [2.05, 4.69) is 15.0 Å². The van der Waals surface area contributed by atoms with Gasteiger partial charge in [0.05, 0.1) is 29.0 Å². The third-order valence-corrected chi connectivity index (χ3v) is 8.60. The number of hydrogen-bond acceptors (Lipinski definition) is 7.